The Hall–Kier alpha value is -1.21. The van der Waals surface area contributed by atoms with Crippen molar-refractivity contribution < 1.29 is 0 Å². The normalized spacial score (nSPS) is 10.1. The monoisotopic (exact) mass is 369 g/mol. The molecule has 0 unspecified atom stereocenters. The van der Waals surface area contributed by atoms with Crippen LogP contribution < -0.4 is 11.1 Å². The number of hydrogen-bond acceptors (Lipinski definition) is 3. The van der Waals surface area contributed by atoms with E-state index in [-0.39, 0.29) is 0 Å². The molecule has 0 bridgehead atoms. The molecule has 0 amide bonds. The first-order valence-electron chi connectivity index (χ1n) is 5.36. The highest BCUT2D eigenvalue weighted by Crippen LogP contribution is 2.22. The maximum atomic E-state index is 5.75. The second kappa shape index (κ2) is 5.62. The number of hydrogen-bond donors (Lipinski definition) is 2. The highest BCUT2D eigenvalue weighted by atomic mass is 127. The number of nitrogens with two attached hydrogens (primary N) is 1. The van der Waals surface area contributed by atoms with E-state index in [0.717, 1.165) is 20.4 Å². The van der Waals surface area contributed by atoms with Crippen LogP contribution in [0.2, 0.25) is 0 Å². The zero-order valence-corrected chi connectivity index (χ0v) is 12.7. The third-order valence-corrected chi connectivity index (χ3v) is 3.37. The maximum Gasteiger partial charge on any atom is 0.140 e. The maximum absolute atomic E-state index is 5.75. The van der Waals surface area contributed by atoms with Gasteiger partial charge in [-0.1, -0.05) is 18.3 Å². The van der Waals surface area contributed by atoms with E-state index in [1.165, 1.54) is 0 Å². The SMILES string of the molecule is Cc1ccnc(Nc2cccc(I)c2)c1C(N)=S. The number of nitrogens with zero attached hydrogens (tertiary/aromatic N) is 1. The Morgan fingerprint density at radius 3 is 2.83 bits per heavy atom. The second-order valence-electron chi connectivity index (χ2n) is 3.85. The van der Waals surface area contributed by atoms with Crippen LogP contribution in [0.25, 0.3) is 0 Å². The fourth-order valence-corrected chi connectivity index (χ4v) is 2.47. The highest BCUT2D eigenvalue weighted by molar-refractivity contribution is 14.1. The minimum atomic E-state index is 0.355. The number of anilines is 2. The van der Waals surface area contributed by atoms with Crippen molar-refractivity contribution >= 4 is 51.3 Å². The van der Waals surface area contributed by atoms with E-state index >= 15 is 0 Å². The molecule has 2 rings (SSSR count). The van der Waals surface area contributed by atoms with Crippen LogP contribution in [0, 0.1) is 10.5 Å². The largest absolute Gasteiger partial charge is 0.389 e. The molecule has 1 heterocycles. The minimum Gasteiger partial charge on any atom is -0.389 e. The van der Waals surface area contributed by atoms with Crippen LogP contribution in [0.3, 0.4) is 0 Å². The average Bonchev–Trinajstić information content (AvgIpc) is 2.28. The van der Waals surface area contributed by atoms with Gasteiger partial charge in [-0.3, -0.25) is 0 Å². The lowest BCUT2D eigenvalue weighted by Crippen LogP contribution is -2.14. The summed E-state index contributed by atoms with van der Waals surface area (Å²) < 4.78 is 1.15. The lowest BCUT2D eigenvalue weighted by Gasteiger charge is -2.12. The molecular formula is C13H12IN3S. The van der Waals surface area contributed by atoms with Crippen molar-refractivity contribution in [3.8, 4) is 0 Å². The first kappa shape index (κ1) is 13.2. The Kier molecular flexibility index (Phi) is 4.13. The van der Waals surface area contributed by atoms with Gasteiger partial charge >= 0.3 is 0 Å². The molecule has 1 aromatic carbocycles. The van der Waals surface area contributed by atoms with Crippen molar-refractivity contribution in [2.75, 3.05) is 5.32 Å². The quantitative estimate of drug-likeness (QED) is 0.644. The molecule has 0 saturated carbocycles. The molecule has 18 heavy (non-hydrogen) atoms. The van der Waals surface area contributed by atoms with Gasteiger partial charge in [-0.2, -0.15) is 0 Å². The van der Waals surface area contributed by atoms with Crippen molar-refractivity contribution in [1.29, 1.82) is 0 Å². The fourth-order valence-electron chi connectivity index (χ4n) is 1.67. The van der Waals surface area contributed by atoms with Crippen LogP contribution >= 0.6 is 34.8 Å². The van der Waals surface area contributed by atoms with Crippen LogP contribution in [0.4, 0.5) is 11.5 Å². The molecule has 92 valence electrons. The molecule has 0 atom stereocenters. The molecule has 0 fully saturated rings. The standard InChI is InChI=1S/C13H12IN3S/c1-8-5-6-16-13(11(8)12(15)18)17-10-4-2-3-9(14)7-10/h2-7H,1H3,(H2,15,18)(H,16,17). The number of aromatic nitrogens is 1. The van der Waals surface area contributed by atoms with Crippen LogP contribution in [-0.4, -0.2) is 9.97 Å². The predicted octanol–water partition coefficient (Wildman–Crippen LogP) is 3.37. The van der Waals surface area contributed by atoms with Gasteiger partial charge in [-0.25, -0.2) is 4.98 Å². The number of aryl methyl sites for hydroxylation is 1. The number of rotatable bonds is 3. The predicted molar refractivity (Wildman–Crippen MR) is 87.3 cm³/mol. The van der Waals surface area contributed by atoms with E-state index in [1.807, 2.05) is 37.3 Å². The lowest BCUT2D eigenvalue weighted by molar-refractivity contribution is 1.26. The summed E-state index contributed by atoms with van der Waals surface area (Å²) in [5.41, 5.74) is 8.54. The Morgan fingerprint density at radius 2 is 2.17 bits per heavy atom. The number of pyridine rings is 1. The van der Waals surface area contributed by atoms with Crippen LogP contribution in [-0.2, 0) is 0 Å². The highest BCUT2D eigenvalue weighted by Gasteiger charge is 2.09. The van der Waals surface area contributed by atoms with Crippen LogP contribution in [0.15, 0.2) is 36.5 Å². The summed E-state index contributed by atoms with van der Waals surface area (Å²) in [5.74, 6) is 0.699. The number of nitrogens with one attached hydrogen (secondary N) is 1. The van der Waals surface area contributed by atoms with Crippen molar-refractivity contribution in [3.63, 3.8) is 0 Å². The minimum absolute atomic E-state index is 0.355. The van der Waals surface area contributed by atoms with Crippen molar-refractivity contribution in [2.45, 2.75) is 6.92 Å². The van der Waals surface area contributed by atoms with E-state index in [1.54, 1.807) is 6.20 Å². The third kappa shape index (κ3) is 2.97. The van der Waals surface area contributed by atoms with Crippen molar-refractivity contribution in [1.82, 2.24) is 4.98 Å². The summed E-state index contributed by atoms with van der Waals surface area (Å²) in [4.78, 5) is 4.66. The zero-order valence-electron chi connectivity index (χ0n) is 9.77. The van der Waals surface area contributed by atoms with Gasteiger partial charge in [0.05, 0.1) is 5.56 Å². The van der Waals surface area contributed by atoms with Gasteiger partial charge in [0.2, 0.25) is 0 Å². The molecular weight excluding hydrogens is 357 g/mol. The van der Waals surface area contributed by atoms with Gasteiger partial charge in [0.25, 0.3) is 0 Å². The topological polar surface area (TPSA) is 50.9 Å². The summed E-state index contributed by atoms with van der Waals surface area (Å²) in [6, 6.07) is 9.93. The second-order valence-corrected chi connectivity index (χ2v) is 5.54. The van der Waals surface area contributed by atoms with Gasteiger partial charge in [0.1, 0.15) is 10.8 Å². The van der Waals surface area contributed by atoms with Gasteiger partial charge in [0.15, 0.2) is 0 Å². The van der Waals surface area contributed by atoms with E-state index < -0.39 is 0 Å². The molecule has 0 aliphatic carbocycles. The van der Waals surface area contributed by atoms with Crippen LogP contribution in [0.5, 0.6) is 0 Å². The number of halogens is 1. The summed E-state index contributed by atoms with van der Waals surface area (Å²) in [7, 11) is 0. The Balaban J connectivity index is 2.40. The van der Waals surface area contributed by atoms with E-state index in [9.17, 15) is 0 Å². The van der Waals surface area contributed by atoms with Gasteiger partial charge in [0, 0.05) is 15.5 Å². The molecule has 0 aliphatic rings. The first-order chi connectivity index (χ1) is 8.58. The van der Waals surface area contributed by atoms with Gasteiger partial charge in [-0.15, -0.1) is 0 Å². The average molecular weight is 369 g/mol. The van der Waals surface area contributed by atoms with Crippen molar-refractivity contribution in [3.05, 3.63) is 51.2 Å². The van der Waals surface area contributed by atoms with E-state index in [0.29, 0.717) is 10.8 Å². The molecule has 0 spiro atoms. The van der Waals surface area contributed by atoms with Crippen molar-refractivity contribution in [2.24, 2.45) is 5.73 Å². The summed E-state index contributed by atoms with van der Waals surface area (Å²) >= 11 is 7.34. The van der Waals surface area contributed by atoms with Gasteiger partial charge < -0.3 is 11.1 Å². The Bertz CT molecular complexity index is 599. The molecule has 3 nitrogen and oxygen atoms in total. The summed E-state index contributed by atoms with van der Waals surface area (Å²) in [6.07, 6.45) is 1.74. The smallest absolute Gasteiger partial charge is 0.140 e. The molecule has 3 N–H and O–H groups in total. The van der Waals surface area contributed by atoms with Gasteiger partial charge in [-0.05, 0) is 59.3 Å². The molecule has 0 aliphatic heterocycles. The molecule has 2 aromatic rings. The number of thiocarbonyl (C=S) groups is 1. The Labute approximate surface area is 125 Å². The zero-order chi connectivity index (χ0) is 13.1. The third-order valence-electron chi connectivity index (χ3n) is 2.49. The molecule has 1 aromatic heterocycles. The fraction of sp³-hybridized carbons (Fsp3) is 0.0769. The summed E-state index contributed by atoms with van der Waals surface area (Å²) in [6.45, 7) is 1.97. The Morgan fingerprint density at radius 1 is 1.39 bits per heavy atom. The lowest BCUT2D eigenvalue weighted by atomic mass is 10.1. The van der Waals surface area contributed by atoms with E-state index in [4.69, 9.17) is 18.0 Å². The summed E-state index contributed by atoms with van der Waals surface area (Å²) in [5, 5.41) is 3.25. The molecule has 0 radical (unpaired) electrons. The molecule has 0 saturated heterocycles. The molecule has 5 heteroatoms. The first-order valence-corrected chi connectivity index (χ1v) is 6.84. The van der Waals surface area contributed by atoms with Crippen LogP contribution in [0.1, 0.15) is 11.1 Å². The number of benzene rings is 1. The van der Waals surface area contributed by atoms with E-state index in [2.05, 4.69) is 32.9 Å².